The summed E-state index contributed by atoms with van der Waals surface area (Å²) in [7, 11) is 1.67. The number of anilines is 1. The van der Waals surface area contributed by atoms with Gasteiger partial charge in [0, 0.05) is 12.2 Å². The van der Waals surface area contributed by atoms with Gasteiger partial charge < -0.3 is 14.8 Å². The minimum atomic E-state index is 0.595. The van der Waals surface area contributed by atoms with E-state index in [1.807, 2.05) is 60.7 Å². The number of hydrogen-bond acceptors (Lipinski definition) is 3. The highest BCUT2D eigenvalue weighted by Crippen LogP contribution is 2.17. The Labute approximate surface area is 154 Å². The molecule has 3 aromatic carbocycles. The third kappa shape index (κ3) is 5.42. The molecule has 0 aromatic heterocycles. The SMILES string of the molecule is COc1ccc(NCCOc2cccc(C=Cc3ccccc3)c2)cc1. The van der Waals surface area contributed by atoms with Gasteiger partial charge in [-0.05, 0) is 47.5 Å². The van der Waals surface area contributed by atoms with E-state index in [2.05, 4.69) is 35.7 Å². The van der Waals surface area contributed by atoms with Crippen molar-refractivity contribution in [3.05, 3.63) is 90.0 Å². The number of rotatable bonds is 8. The van der Waals surface area contributed by atoms with Crippen molar-refractivity contribution in [2.45, 2.75) is 0 Å². The predicted octanol–water partition coefficient (Wildman–Crippen LogP) is 5.36. The Morgan fingerprint density at radius 3 is 2.27 bits per heavy atom. The molecule has 3 rings (SSSR count). The summed E-state index contributed by atoms with van der Waals surface area (Å²) in [5.41, 5.74) is 3.35. The van der Waals surface area contributed by atoms with Crippen molar-refractivity contribution in [3.63, 3.8) is 0 Å². The molecule has 0 amide bonds. The monoisotopic (exact) mass is 345 g/mol. The van der Waals surface area contributed by atoms with E-state index in [0.29, 0.717) is 6.61 Å². The summed E-state index contributed by atoms with van der Waals surface area (Å²) < 4.78 is 11.0. The molecule has 0 heterocycles. The second-order valence-electron chi connectivity index (χ2n) is 5.82. The lowest BCUT2D eigenvalue weighted by molar-refractivity contribution is 0.333. The van der Waals surface area contributed by atoms with Crippen LogP contribution in [0.15, 0.2) is 78.9 Å². The summed E-state index contributed by atoms with van der Waals surface area (Å²) in [6.07, 6.45) is 4.20. The van der Waals surface area contributed by atoms with E-state index >= 15 is 0 Å². The lowest BCUT2D eigenvalue weighted by Crippen LogP contribution is -2.11. The van der Waals surface area contributed by atoms with E-state index in [4.69, 9.17) is 9.47 Å². The minimum absolute atomic E-state index is 0.595. The van der Waals surface area contributed by atoms with Gasteiger partial charge in [-0.2, -0.15) is 0 Å². The van der Waals surface area contributed by atoms with Crippen LogP contribution in [-0.2, 0) is 0 Å². The molecule has 1 N–H and O–H groups in total. The molecule has 0 bridgehead atoms. The molecule has 3 aromatic rings. The van der Waals surface area contributed by atoms with Crippen LogP contribution in [0, 0.1) is 0 Å². The minimum Gasteiger partial charge on any atom is -0.497 e. The topological polar surface area (TPSA) is 30.5 Å². The predicted molar refractivity (Wildman–Crippen MR) is 109 cm³/mol. The van der Waals surface area contributed by atoms with Gasteiger partial charge in [-0.25, -0.2) is 0 Å². The zero-order valence-electron chi connectivity index (χ0n) is 14.9. The van der Waals surface area contributed by atoms with Crippen molar-refractivity contribution in [2.75, 3.05) is 25.6 Å². The molecular weight excluding hydrogens is 322 g/mol. The molecule has 0 fully saturated rings. The van der Waals surface area contributed by atoms with Crippen LogP contribution >= 0.6 is 0 Å². The largest absolute Gasteiger partial charge is 0.497 e. The normalized spacial score (nSPS) is 10.7. The molecule has 3 nitrogen and oxygen atoms in total. The fourth-order valence-corrected chi connectivity index (χ4v) is 2.54. The fourth-order valence-electron chi connectivity index (χ4n) is 2.54. The Hall–Kier alpha value is -3.20. The highest BCUT2D eigenvalue weighted by Gasteiger charge is 1.97. The van der Waals surface area contributed by atoms with Crippen LogP contribution in [0.1, 0.15) is 11.1 Å². The van der Waals surface area contributed by atoms with E-state index in [0.717, 1.165) is 29.3 Å². The first kappa shape index (κ1) is 17.6. The third-order valence-corrected chi connectivity index (χ3v) is 3.92. The lowest BCUT2D eigenvalue weighted by atomic mass is 10.1. The molecule has 26 heavy (non-hydrogen) atoms. The number of methoxy groups -OCH3 is 1. The molecule has 0 aliphatic rings. The quantitative estimate of drug-likeness (QED) is 0.440. The first-order valence-corrected chi connectivity index (χ1v) is 8.67. The standard InChI is InChI=1S/C23H23NO2/c1-25-22-14-12-21(13-15-22)24-16-17-26-23-9-5-8-20(18-23)11-10-19-6-3-2-4-7-19/h2-15,18,24H,16-17H2,1H3. The smallest absolute Gasteiger partial charge is 0.119 e. The maximum atomic E-state index is 5.84. The van der Waals surface area contributed by atoms with Gasteiger partial charge in [-0.15, -0.1) is 0 Å². The summed E-state index contributed by atoms with van der Waals surface area (Å²) in [5, 5.41) is 3.33. The van der Waals surface area contributed by atoms with Crippen LogP contribution in [0.3, 0.4) is 0 Å². The Bertz CT molecular complexity index is 826. The summed E-state index contributed by atoms with van der Waals surface area (Å²) in [6, 6.07) is 26.2. The molecular formula is C23H23NO2. The number of hydrogen-bond donors (Lipinski definition) is 1. The van der Waals surface area contributed by atoms with Crippen molar-refractivity contribution in [1.29, 1.82) is 0 Å². The van der Waals surface area contributed by atoms with Gasteiger partial charge in [-0.3, -0.25) is 0 Å². The molecule has 0 aliphatic heterocycles. The first-order valence-electron chi connectivity index (χ1n) is 8.67. The average molecular weight is 345 g/mol. The van der Waals surface area contributed by atoms with Gasteiger partial charge in [0.25, 0.3) is 0 Å². The zero-order chi connectivity index (χ0) is 18.0. The van der Waals surface area contributed by atoms with Gasteiger partial charge in [0.05, 0.1) is 7.11 Å². The lowest BCUT2D eigenvalue weighted by Gasteiger charge is -2.09. The van der Waals surface area contributed by atoms with Crippen LogP contribution in [0.2, 0.25) is 0 Å². The van der Waals surface area contributed by atoms with Gasteiger partial charge in [0.15, 0.2) is 0 Å². The van der Waals surface area contributed by atoms with Crippen LogP contribution in [0.4, 0.5) is 5.69 Å². The van der Waals surface area contributed by atoms with Gasteiger partial charge in [-0.1, -0.05) is 54.6 Å². The molecule has 0 aliphatic carbocycles. The average Bonchev–Trinajstić information content (AvgIpc) is 2.71. The Kier molecular flexibility index (Phi) is 6.32. The van der Waals surface area contributed by atoms with E-state index in [-0.39, 0.29) is 0 Å². The van der Waals surface area contributed by atoms with Crippen LogP contribution in [0.5, 0.6) is 11.5 Å². The summed E-state index contributed by atoms with van der Waals surface area (Å²) in [5.74, 6) is 1.73. The first-order chi connectivity index (χ1) is 12.8. The molecule has 0 unspecified atom stereocenters. The molecule has 0 atom stereocenters. The maximum Gasteiger partial charge on any atom is 0.119 e. The maximum absolute atomic E-state index is 5.84. The van der Waals surface area contributed by atoms with Crippen molar-refractivity contribution < 1.29 is 9.47 Å². The highest BCUT2D eigenvalue weighted by atomic mass is 16.5. The highest BCUT2D eigenvalue weighted by molar-refractivity contribution is 5.70. The Morgan fingerprint density at radius 1 is 0.769 bits per heavy atom. The van der Waals surface area contributed by atoms with Crippen LogP contribution in [-0.4, -0.2) is 20.3 Å². The number of ether oxygens (including phenoxy) is 2. The van der Waals surface area contributed by atoms with E-state index in [1.54, 1.807) is 7.11 Å². The fraction of sp³-hybridized carbons (Fsp3) is 0.130. The second-order valence-corrected chi connectivity index (χ2v) is 5.82. The van der Waals surface area contributed by atoms with Crippen LogP contribution < -0.4 is 14.8 Å². The van der Waals surface area contributed by atoms with Crippen molar-refractivity contribution in [3.8, 4) is 11.5 Å². The summed E-state index contributed by atoms with van der Waals surface area (Å²) >= 11 is 0. The van der Waals surface area contributed by atoms with Crippen molar-refractivity contribution in [1.82, 2.24) is 0 Å². The van der Waals surface area contributed by atoms with Gasteiger partial charge >= 0.3 is 0 Å². The molecule has 132 valence electrons. The summed E-state index contributed by atoms with van der Waals surface area (Å²) in [6.45, 7) is 1.33. The van der Waals surface area contributed by atoms with Gasteiger partial charge in [0.1, 0.15) is 18.1 Å². The second kappa shape index (κ2) is 9.33. The molecule has 0 saturated heterocycles. The summed E-state index contributed by atoms with van der Waals surface area (Å²) in [4.78, 5) is 0. The molecule has 0 spiro atoms. The Morgan fingerprint density at radius 2 is 1.50 bits per heavy atom. The molecule has 3 heteroatoms. The zero-order valence-corrected chi connectivity index (χ0v) is 14.9. The molecule has 0 radical (unpaired) electrons. The van der Waals surface area contributed by atoms with Crippen LogP contribution in [0.25, 0.3) is 12.2 Å². The molecule has 0 saturated carbocycles. The third-order valence-electron chi connectivity index (χ3n) is 3.92. The van der Waals surface area contributed by atoms with E-state index in [1.165, 1.54) is 5.56 Å². The van der Waals surface area contributed by atoms with Crippen molar-refractivity contribution in [2.24, 2.45) is 0 Å². The number of benzene rings is 3. The van der Waals surface area contributed by atoms with Crippen molar-refractivity contribution >= 4 is 17.8 Å². The van der Waals surface area contributed by atoms with E-state index < -0.39 is 0 Å². The Balaban J connectivity index is 1.48. The van der Waals surface area contributed by atoms with Gasteiger partial charge in [0.2, 0.25) is 0 Å². The number of nitrogens with one attached hydrogen (secondary N) is 1. The van der Waals surface area contributed by atoms with E-state index in [9.17, 15) is 0 Å².